The molecule has 14 heavy (non-hydrogen) atoms. The minimum Gasteiger partial charge on any atom is -0.334 e. The highest BCUT2D eigenvalue weighted by Crippen LogP contribution is 2.00. The van der Waals surface area contributed by atoms with Crippen LogP contribution in [0.3, 0.4) is 0 Å². The van der Waals surface area contributed by atoms with Gasteiger partial charge in [-0.05, 0) is 18.2 Å². The van der Waals surface area contributed by atoms with Gasteiger partial charge >= 0.3 is 0 Å². The van der Waals surface area contributed by atoms with E-state index in [1.54, 1.807) is 4.90 Å². The molecule has 1 saturated heterocycles. The fraction of sp³-hybridized carbons (Fsp3) is 0.714. The van der Waals surface area contributed by atoms with Gasteiger partial charge in [-0.3, -0.25) is 4.79 Å². The van der Waals surface area contributed by atoms with Gasteiger partial charge in [0, 0.05) is 19.6 Å². The number of nitrogens with zero attached hydrogens (tertiary/aromatic N) is 4. The number of hydrogen-bond donors (Lipinski definition) is 2. The molecule has 0 unspecified atom stereocenters. The Balaban J connectivity index is 2.03. The lowest BCUT2D eigenvalue weighted by Gasteiger charge is -2.17. The number of aromatic amines is 1. The van der Waals surface area contributed by atoms with E-state index in [1.807, 2.05) is 0 Å². The highest BCUT2D eigenvalue weighted by Gasteiger charge is 2.20. The number of tetrazole rings is 1. The second kappa shape index (κ2) is 4.14. The largest absolute Gasteiger partial charge is 0.334 e. The summed E-state index contributed by atoms with van der Waals surface area (Å²) in [6.45, 7) is 3.23. The van der Waals surface area contributed by atoms with Crippen LogP contribution in [0.25, 0.3) is 0 Å². The lowest BCUT2D eigenvalue weighted by molar-refractivity contribution is 0.0754. The SMILES string of the molecule is O=C(c1nn[nH]n1)N1CCCNCC1. The zero-order chi connectivity index (χ0) is 9.80. The Kier molecular flexibility index (Phi) is 2.68. The van der Waals surface area contributed by atoms with E-state index in [2.05, 4.69) is 25.9 Å². The van der Waals surface area contributed by atoms with Crippen LogP contribution in [0.2, 0.25) is 0 Å². The summed E-state index contributed by atoms with van der Waals surface area (Å²) in [6.07, 6.45) is 0.962. The standard InChI is InChI=1S/C7H12N6O/c14-7(6-9-11-12-10-6)13-4-1-2-8-3-5-13/h8H,1-5H2,(H,9,10,11,12). The molecule has 2 heterocycles. The fourth-order valence-corrected chi connectivity index (χ4v) is 1.44. The van der Waals surface area contributed by atoms with Gasteiger partial charge in [-0.15, -0.1) is 10.2 Å². The van der Waals surface area contributed by atoms with Gasteiger partial charge < -0.3 is 10.2 Å². The van der Waals surface area contributed by atoms with Crippen LogP contribution in [-0.2, 0) is 0 Å². The molecule has 7 heteroatoms. The van der Waals surface area contributed by atoms with Crippen molar-refractivity contribution in [2.45, 2.75) is 6.42 Å². The second-order valence-corrected chi connectivity index (χ2v) is 3.13. The van der Waals surface area contributed by atoms with Crippen LogP contribution in [0, 0.1) is 0 Å². The summed E-state index contributed by atoms with van der Waals surface area (Å²) in [5, 5.41) is 16.2. The third-order valence-electron chi connectivity index (χ3n) is 2.16. The Morgan fingerprint density at radius 1 is 1.36 bits per heavy atom. The first-order valence-corrected chi connectivity index (χ1v) is 4.61. The summed E-state index contributed by atoms with van der Waals surface area (Å²) < 4.78 is 0. The predicted octanol–water partition coefficient (Wildman–Crippen LogP) is -1.36. The van der Waals surface area contributed by atoms with E-state index in [4.69, 9.17) is 0 Å². The summed E-state index contributed by atoms with van der Waals surface area (Å²) in [5.41, 5.74) is 0. The molecule has 76 valence electrons. The van der Waals surface area contributed by atoms with Crippen molar-refractivity contribution in [2.75, 3.05) is 26.2 Å². The molecule has 0 atom stereocenters. The minimum atomic E-state index is -0.151. The molecule has 2 rings (SSSR count). The summed E-state index contributed by atoms with van der Waals surface area (Å²) in [6, 6.07) is 0. The lowest BCUT2D eigenvalue weighted by atomic mass is 10.4. The van der Waals surface area contributed by atoms with Gasteiger partial charge in [0.25, 0.3) is 11.7 Å². The Morgan fingerprint density at radius 2 is 2.29 bits per heavy atom. The molecule has 0 radical (unpaired) electrons. The van der Waals surface area contributed by atoms with Gasteiger partial charge in [0.05, 0.1) is 0 Å². The highest BCUT2D eigenvalue weighted by atomic mass is 16.2. The predicted molar refractivity (Wildman–Crippen MR) is 47.6 cm³/mol. The Labute approximate surface area is 80.9 Å². The summed E-state index contributed by atoms with van der Waals surface area (Å²) in [7, 11) is 0. The Hall–Kier alpha value is -1.50. The summed E-state index contributed by atoms with van der Waals surface area (Å²) >= 11 is 0. The normalized spacial score (nSPS) is 17.9. The van der Waals surface area contributed by atoms with Crippen molar-refractivity contribution in [3.8, 4) is 0 Å². The molecule has 2 N–H and O–H groups in total. The summed E-state index contributed by atoms with van der Waals surface area (Å²) in [4.78, 5) is 13.5. The van der Waals surface area contributed by atoms with E-state index < -0.39 is 0 Å². The molecular formula is C7H12N6O. The van der Waals surface area contributed by atoms with Gasteiger partial charge in [-0.2, -0.15) is 5.21 Å². The first-order valence-electron chi connectivity index (χ1n) is 4.61. The molecular weight excluding hydrogens is 184 g/mol. The van der Waals surface area contributed by atoms with Gasteiger partial charge in [0.15, 0.2) is 0 Å². The molecule has 7 nitrogen and oxygen atoms in total. The molecule has 1 aromatic heterocycles. The quantitative estimate of drug-likeness (QED) is 0.579. The maximum atomic E-state index is 11.7. The number of carbonyl (C=O) groups is 1. The minimum absolute atomic E-state index is 0.145. The van der Waals surface area contributed by atoms with E-state index in [1.165, 1.54) is 0 Å². The average molecular weight is 196 g/mol. The summed E-state index contributed by atoms with van der Waals surface area (Å²) in [5.74, 6) is -0.00523. The van der Waals surface area contributed by atoms with Gasteiger partial charge in [0.1, 0.15) is 0 Å². The molecule has 1 amide bonds. The molecule has 0 aromatic carbocycles. The number of H-pyrrole nitrogens is 1. The number of rotatable bonds is 1. The fourth-order valence-electron chi connectivity index (χ4n) is 1.44. The molecule has 0 bridgehead atoms. The van der Waals surface area contributed by atoms with Crippen LogP contribution in [0.5, 0.6) is 0 Å². The van der Waals surface area contributed by atoms with Crippen LogP contribution in [0.4, 0.5) is 0 Å². The average Bonchev–Trinajstić information content (AvgIpc) is 2.59. The lowest BCUT2D eigenvalue weighted by Crippen LogP contribution is -2.34. The molecule has 0 spiro atoms. The van der Waals surface area contributed by atoms with Crippen LogP contribution in [0.15, 0.2) is 0 Å². The molecule has 1 aromatic rings. The van der Waals surface area contributed by atoms with Crippen molar-refractivity contribution in [3.63, 3.8) is 0 Å². The van der Waals surface area contributed by atoms with E-state index in [-0.39, 0.29) is 11.7 Å². The first-order chi connectivity index (χ1) is 6.88. The molecule has 1 fully saturated rings. The third kappa shape index (κ3) is 1.87. The molecule has 0 saturated carbocycles. The maximum Gasteiger partial charge on any atom is 0.295 e. The van der Waals surface area contributed by atoms with Gasteiger partial charge in [-0.1, -0.05) is 0 Å². The van der Waals surface area contributed by atoms with Crippen molar-refractivity contribution in [1.29, 1.82) is 0 Å². The van der Waals surface area contributed by atoms with Crippen molar-refractivity contribution in [3.05, 3.63) is 5.82 Å². The third-order valence-corrected chi connectivity index (χ3v) is 2.16. The van der Waals surface area contributed by atoms with E-state index in [9.17, 15) is 4.79 Å². The van der Waals surface area contributed by atoms with E-state index in [0.29, 0.717) is 6.54 Å². The van der Waals surface area contributed by atoms with Crippen LogP contribution in [0.1, 0.15) is 17.0 Å². The number of carbonyl (C=O) groups excluding carboxylic acids is 1. The number of aromatic nitrogens is 4. The van der Waals surface area contributed by atoms with E-state index >= 15 is 0 Å². The molecule has 1 aliphatic rings. The smallest absolute Gasteiger partial charge is 0.295 e. The zero-order valence-electron chi connectivity index (χ0n) is 7.73. The van der Waals surface area contributed by atoms with Gasteiger partial charge in [0.2, 0.25) is 0 Å². The first kappa shape index (κ1) is 9.07. The number of nitrogens with one attached hydrogen (secondary N) is 2. The topological polar surface area (TPSA) is 86.8 Å². The molecule has 0 aliphatic carbocycles. The highest BCUT2D eigenvalue weighted by molar-refractivity contribution is 5.90. The number of amides is 1. The Morgan fingerprint density at radius 3 is 3.07 bits per heavy atom. The van der Waals surface area contributed by atoms with Crippen molar-refractivity contribution >= 4 is 5.91 Å². The molecule has 1 aliphatic heterocycles. The monoisotopic (exact) mass is 196 g/mol. The van der Waals surface area contributed by atoms with Crippen LogP contribution >= 0.6 is 0 Å². The van der Waals surface area contributed by atoms with Crippen LogP contribution in [-0.4, -0.2) is 57.6 Å². The number of hydrogen-bond acceptors (Lipinski definition) is 5. The van der Waals surface area contributed by atoms with Crippen LogP contribution < -0.4 is 5.32 Å². The van der Waals surface area contributed by atoms with E-state index in [0.717, 1.165) is 26.1 Å². The second-order valence-electron chi connectivity index (χ2n) is 3.13. The van der Waals surface area contributed by atoms with Crippen molar-refractivity contribution < 1.29 is 4.79 Å². The van der Waals surface area contributed by atoms with Crippen molar-refractivity contribution in [1.82, 2.24) is 30.8 Å². The maximum absolute atomic E-state index is 11.7. The Bertz CT molecular complexity index is 289. The zero-order valence-corrected chi connectivity index (χ0v) is 7.73. The van der Waals surface area contributed by atoms with Crippen molar-refractivity contribution in [2.24, 2.45) is 0 Å². The van der Waals surface area contributed by atoms with Gasteiger partial charge in [-0.25, -0.2) is 0 Å².